The third kappa shape index (κ3) is 3.30. The van der Waals surface area contributed by atoms with Crippen LogP contribution in [0.15, 0.2) is 38.5 Å². The Kier molecular flexibility index (Phi) is 4.35. The summed E-state index contributed by atoms with van der Waals surface area (Å²) in [6, 6.07) is 1.33. The minimum atomic E-state index is -4.26. The van der Waals surface area contributed by atoms with Crippen molar-refractivity contribution in [3.8, 4) is 0 Å². The van der Waals surface area contributed by atoms with E-state index in [0.29, 0.717) is 10.7 Å². The molecule has 0 atom stereocenters. The van der Waals surface area contributed by atoms with Gasteiger partial charge in [0.05, 0.1) is 12.4 Å². The molecule has 0 unspecified atom stereocenters. The highest BCUT2D eigenvalue weighted by atomic mass is 79.9. The fourth-order valence-electron chi connectivity index (χ4n) is 1.34. The molecule has 0 aliphatic carbocycles. The first-order valence-electron chi connectivity index (χ1n) is 4.94. The van der Waals surface area contributed by atoms with Crippen molar-refractivity contribution in [3.63, 3.8) is 0 Å². The number of benzene rings is 1. The summed E-state index contributed by atoms with van der Waals surface area (Å²) in [4.78, 5) is 6.83. The summed E-state index contributed by atoms with van der Waals surface area (Å²) >= 11 is 5.86. The van der Waals surface area contributed by atoms with Gasteiger partial charge in [0, 0.05) is 10.5 Å². The average molecular weight is 429 g/mol. The third-order valence-corrected chi connectivity index (χ3v) is 4.82. The van der Waals surface area contributed by atoms with Crippen LogP contribution in [0.25, 0.3) is 0 Å². The Labute approximate surface area is 129 Å². The quantitative estimate of drug-likeness (QED) is 0.815. The number of halogens is 4. The van der Waals surface area contributed by atoms with Crippen molar-refractivity contribution in [2.75, 3.05) is 4.72 Å². The van der Waals surface area contributed by atoms with E-state index in [1.165, 1.54) is 6.20 Å². The molecular weight excluding hydrogens is 424 g/mol. The Morgan fingerprint density at radius 3 is 2.35 bits per heavy atom. The van der Waals surface area contributed by atoms with Crippen molar-refractivity contribution in [2.24, 2.45) is 0 Å². The van der Waals surface area contributed by atoms with Crippen LogP contribution >= 0.6 is 31.9 Å². The zero-order valence-electron chi connectivity index (χ0n) is 9.44. The molecule has 2 aromatic rings. The number of hydrogen-bond acceptors (Lipinski definition) is 4. The third-order valence-electron chi connectivity index (χ3n) is 2.09. The molecule has 10 heteroatoms. The highest BCUT2D eigenvalue weighted by Crippen LogP contribution is 2.27. The summed E-state index contributed by atoms with van der Waals surface area (Å²) in [5.41, 5.74) is 0. The second kappa shape index (κ2) is 5.70. The molecule has 0 fully saturated rings. The summed E-state index contributed by atoms with van der Waals surface area (Å²) in [6.07, 6.45) is 2.42. The van der Waals surface area contributed by atoms with Gasteiger partial charge in [-0.3, -0.25) is 4.72 Å². The molecule has 106 valence electrons. The lowest BCUT2D eigenvalue weighted by atomic mass is 10.3. The Morgan fingerprint density at radius 1 is 1.10 bits per heavy atom. The van der Waals surface area contributed by atoms with E-state index in [2.05, 4.69) is 41.8 Å². The largest absolute Gasteiger partial charge is 0.267 e. The number of nitrogens with one attached hydrogen (secondary N) is 1. The van der Waals surface area contributed by atoms with Crippen molar-refractivity contribution in [1.82, 2.24) is 9.97 Å². The zero-order valence-corrected chi connectivity index (χ0v) is 13.4. The second-order valence-corrected chi connectivity index (χ2v) is 6.81. The highest BCUT2D eigenvalue weighted by Gasteiger charge is 2.24. The first kappa shape index (κ1) is 15.3. The first-order valence-corrected chi connectivity index (χ1v) is 8.01. The van der Waals surface area contributed by atoms with Crippen LogP contribution in [0.5, 0.6) is 0 Å². The van der Waals surface area contributed by atoms with E-state index in [9.17, 15) is 17.2 Å². The van der Waals surface area contributed by atoms with Gasteiger partial charge in [0.1, 0.15) is 21.1 Å². The van der Waals surface area contributed by atoms with Crippen LogP contribution in [0.1, 0.15) is 0 Å². The molecule has 0 amide bonds. The second-order valence-electron chi connectivity index (χ2n) is 3.53. The van der Waals surface area contributed by atoms with Gasteiger partial charge in [0.15, 0.2) is 5.82 Å². The van der Waals surface area contributed by atoms with Crippen molar-refractivity contribution >= 4 is 47.7 Å². The molecule has 0 radical (unpaired) electrons. The van der Waals surface area contributed by atoms with Crippen molar-refractivity contribution in [3.05, 3.63) is 45.2 Å². The van der Waals surface area contributed by atoms with Crippen LogP contribution in [0.2, 0.25) is 0 Å². The average Bonchev–Trinajstić information content (AvgIpc) is 2.30. The van der Waals surface area contributed by atoms with E-state index < -0.39 is 26.6 Å². The zero-order chi connectivity index (χ0) is 14.9. The topological polar surface area (TPSA) is 72.0 Å². The molecule has 1 N–H and O–H groups in total. The van der Waals surface area contributed by atoms with Gasteiger partial charge in [-0.25, -0.2) is 27.2 Å². The lowest BCUT2D eigenvalue weighted by molar-refractivity contribution is 0.548. The van der Waals surface area contributed by atoms with Crippen molar-refractivity contribution in [2.45, 2.75) is 4.90 Å². The first-order chi connectivity index (χ1) is 9.29. The van der Waals surface area contributed by atoms with Gasteiger partial charge >= 0.3 is 0 Å². The smallest absolute Gasteiger partial charge is 0.262 e. The number of hydrogen-bond donors (Lipinski definition) is 1. The molecular formula is C10H5Br2F2N3O2S. The van der Waals surface area contributed by atoms with Crippen molar-refractivity contribution in [1.29, 1.82) is 0 Å². The number of nitrogens with zero attached hydrogens (tertiary/aromatic N) is 2. The molecule has 0 bridgehead atoms. The lowest BCUT2D eigenvalue weighted by Crippen LogP contribution is -2.16. The molecule has 1 aromatic carbocycles. The standard InChI is InChI=1S/C10H5Br2F2N3O2S/c11-6-1-5(13)2-7(14)10(6)20(18,19)17-9-4-15-8(12)3-16-9/h1-4H,(H,16,17). The molecule has 0 saturated heterocycles. The van der Waals surface area contributed by atoms with Gasteiger partial charge < -0.3 is 0 Å². The lowest BCUT2D eigenvalue weighted by Gasteiger charge is -2.09. The Bertz CT molecular complexity index is 731. The van der Waals surface area contributed by atoms with Crippen LogP contribution in [-0.4, -0.2) is 18.4 Å². The van der Waals surface area contributed by atoms with Gasteiger partial charge in [-0.1, -0.05) is 0 Å². The molecule has 0 spiro atoms. The Morgan fingerprint density at radius 2 is 1.80 bits per heavy atom. The van der Waals surface area contributed by atoms with Gasteiger partial charge in [-0.2, -0.15) is 0 Å². The molecule has 2 rings (SSSR count). The van der Waals surface area contributed by atoms with E-state index in [-0.39, 0.29) is 10.3 Å². The maximum atomic E-state index is 13.6. The van der Waals surface area contributed by atoms with Crippen LogP contribution < -0.4 is 4.72 Å². The van der Waals surface area contributed by atoms with Gasteiger partial charge in [-0.15, -0.1) is 0 Å². The summed E-state index contributed by atoms with van der Waals surface area (Å²) in [6.45, 7) is 0. The summed E-state index contributed by atoms with van der Waals surface area (Å²) < 4.78 is 52.9. The van der Waals surface area contributed by atoms with E-state index in [1.54, 1.807) is 0 Å². The minimum absolute atomic E-state index is 0.0937. The van der Waals surface area contributed by atoms with Gasteiger partial charge in [0.2, 0.25) is 0 Å². The Balaban J connectivity index is 2.43. The molecule has 1 aromatic heterocycles. The van der Waals surface area contributed by atoms with E-state index >= 15 is 0 Å². The number of rotatable bonds is 3. The monoisotopic (exact) mass is 427 g/mol. The molecule has 5 nitrogen and oxygen atoms in total. The number of aromatic nitrogens is 2. The molecule has 0 aliphatic rings. The number of sulfonamides is 1. The van der Waals surface area contributed by atoms with E-state index in [0.717, 1.165) is 12.3 Å². The molecule has 1 heterocycles. The highest BCUT2D eigenvalue weighted by molar-refractivity contribution is 9.10. The maximum Gasteiger partial charge on any atom is 0.267 e. The van der Waals surface area contributed by atoms with E-state index in [4.69, 9.17) is 0 Å². The predicted molar refractivity (Wildman–Crippen MR) is 74.6 cm³/mol. The normalized spacial score (nSPS) is 11.4. The van der Waals surface area contributed by atoms with Crippen LogP contribution in [0.3, 0.4) is 0 Å². The fraction of sp³-hybridized carbons (Fsp3) is 0. The van der Waals surface area contributed by atoms with Crippen molar-refractivity contribution < 1.29 is 17.2 Å². The SMILES string of the molecule is O=S(=O)(Nc1cnc(Br)cn1)c1c(F)cc(F)cc1Br. The summed E-state index contributed by atoms with van der Waals surface area (Å²) in [5, 5.41) is 0. The summed E-state index contributed by atoms with van der Waals surface area (Å²) in [7, 11) is -4.26. The summed E-state index contributed by atoms with van der Waals surface area (Å²) in [5.74, 6) is -2.20. The van der Waals surface area contributed by atoms with E-state index in [1.807, 2.05) is 4.72 Å². The van der Waals surface area contributed by atoms with Crippen LogP contribution in [-0.2, 0) is 10.0 Å². The van der Waals surface area contributed by atoms with Crippen LogP contribution in [0, 0.1) is 11.6 Å². The maximum absolute atomic E-state index is 13.6. The molecule has 0 saturated carbocycles. The van der Waals surface area contributed by atoms with Crippen LogP contribution in [0.4, 0.5) is 14.6 Å². The minimum Gasteiger partial charge on any atom is -0.262 e. The predicted octanol–water partition coefficient (Wildman–Crippen LogP) is 3.08. The van der Waals surface area contributed by atoms with Gasteiger partial charge in [-0.05, 0) is 37.9 Å². The molecule has 0 aliphatic heterocycles. The van der Waals surface area contributed by atoms with Gasteiger partial charge in [0.25, 0.3) is 10.0 Å². The fourth-order valence-corrected chi connectivity index (χ4v) is 3.71. The Hall–Kier alpha value is -1.13. The molecule has 20 heavy (non-hydrogen) atoms. The number of anilines is 1.